The van der Waals surface area contributed by atoms with Crippen LogP contribution in [0.1, 0.15) is 49.9 Å². The fourth-order valence-corrected chi connectivity index (χ4v) is 3.83. The van der Waals surface area contributed by atoms with E-state index in [1.54, 1.807) is 12.4 Å². The monoisotopic (exact) mass is 369 g/mol. The summed E-state index contributed by atoms with van der Waals surface area (Å²) in [6.45, 7) is 7.00. The zero-order valence-corrected chi connectivity index (χ0v) is 16.7. The smallest absolute Gasteiger partial charge is 0.255 e. The molecule has 0 radical (unpaired) electrons. The first kappa shape index (κ1) is 19.4. The molecule has 0 aromatic carbocycles. The van der Waals surface area contributed by atoms with E-state index < -0.39 is 0 Å². The Labute approximate surface area is 162 Å². The van der Waals surface area contributed by atoms with Crippen molar-refractivity contribution in [3.63, 3.8) is 0 Å². The number of rotatable bonds is 7. The summed E-state index contributed by atoms with van der Waals surface area (Å²) in [7, 11) is 2.04. The summed E-state index contributed by atoms with van der Waals surface area (Å²) >= 11 is 0. The molecule has 6 nitrogen and oxygen atoms in total. The number of aromatic nitrogens is 3. The van der Waals surface area contributed by atoms with Gasteiger partial charge in [-0.1, -0.05) is 13.8 Å². The largest absolute Gasteiger partial charge is 0.359 e. The van der Waals surface area contributed by atoms with Crippen molar-refractivity contribution in [1.29, 1.82) is 0 Å². The molecular formula is C21H31N5O. The lowest BCUT2D eigenvalue weighted by molar-refractivity contribution is 0.0593. The van der Waals surface area contributed by atoms with Crippen molar-refractivity contribution in [3.05, 3.63) is 42.4 Å². The van der Waals surface area contributed by atoms with E-state index in [1.165, 1.54) is 6.42 Å². The van der Waals surface area contributed by atoms with Gasteiger partial charge in [0.2, 0.25) is 0 Å². The number of anilines is 1. The van der Waals surface area contributed by atoms with E-state index in [2.05, 4.69) is 28.8 Å². The van der Waals surface area contributed by atoms with Crippen molar-refractivity contribution in [2.24, 2.45) is 5.92 Å². The van der Waals surface area contributed by atoms with Crippen molar-refractivity contribution in [3.8, 4) is 0 Å². The molecule has 27 heavy (non-hydrogen) atoms. The molecule has 1 fully saturated rings. The van der Waals surface area contributed by atoms with Gasteiger partial charge in [0.25, 0.3) is 5.91 Å². The van der Waals surface area contributed by atoms with Gasteiger partial charge in [0.05, 0.1) is 5.56 Å². The summed E-state index contributed by atoms with van der Waals surface area (Å²) in [5.74, 6) is 1.59. The van der Waals surface area contributed by atoms with Crippen LogP contribution >= 0.6 is 0 Å². The molecule has 0 bridgehead atoms. The third-order valence-corrected chi connectivity index (χ3v) is 5.16. The van der Waals surface area contributed by atoms with E-state index in [9.17, 15) is 4.79 Å². The summed E-state index contributed by atoms with van der Waals surface area (Å²) in [4.78, 5) is 21.8. The van der Waals surface area contributed by atoms with Crippen molar-refractivity contribution in [1.82, 2.24) is 19.7 Å². The van der Waals surface area contributed by atoms with Crippen LogP contribution in [0.15, 0.2) is 36.8 Å². The van der Waals surface area contributed by atoms with Crippen LogP contribution in [0.4, 0.5) is 5.82 Å². The molecule has 0 N–H and O–H groups in total. The second-order valence-electron chi connectivity index (χ2n) is 7.89. The summed E-state index contributed by atoms with van der Waals surface area (Å²) in [6.07, 6.45) is 9.77. The van der Waals surface area contributed by atoms with Crippen LogP contribution in [0.25, 0.3) is 0 Å². The lowest BCUT2D eigenvalue weighted by atomic mass is 9.98. The summed E-state index contributed by atoms with van der Waals surface area (Å²) < 4.78 is 1.94. The molecule has 0 spiro atoms. The van der Waals surface area contributed by atoms with E-state index in [1.807, 2.05) is 41.0 Å². The average Bonchev–Trinajstić information content (AvgIpc) is 3.19. The van der Waals surface area contributed by atoms with Crippen LogP contribution in [0.3, 0.4) is 0 Å². The van der Waals surface area contributed by atoms with Crippen molar-refractivity contribution >= 4 is 11.7 Å². The summed E-state index contributed by atoms with van der Waals surface area (Å²) in [6, 6.07) is 6.09. The quantitative estimate of drug-likeness (QED) is 0.750. The van der Waals surface area contributed by atoms with Gasteiger partial charge in [-0.15, -0.1) is 0 Å². The van der Waals surface area contributed by atoms with Crippen molar-refractivity contribution in [2.45, 2.75) is 52.1 Å². The number of piperidine rings is 1. The Morgan fingerprint density at radius 3 is 2.85 bits per heavy atom. The summed E-state index contributed by atoms with van der Waals surface area (Å²) in [5, 5.41) is 4.27. The van der Waals surface area contributed by atoms with Crippen LogP contribution in [-0.2, 0) is 6.54 Å². The minimum Gasteiger partial charge on any atom is -0.359 e. The van der Waals surface area contributed by atoms with Crippen molar-refractivity contribution < 1.29 is 4.79 Å². The maximum Gasteiger partial charge on any atom is 0.255 e. The molecule has 1 aliphatic rings. The van der Waals surface area contributed by atoms with Gasteiger partial charge in [0.15, 0.2) is 0 Å². The van der Waals surface area contributed by atoms with E-state index in [-0.39, 0.29) is 11.9 Å². The molecule has 1 saturated heterocycles. The van der Waals surface area contributed by atoms with Gasteiger partial charge in [-0.05, 0) is 49.8 Å². The predicted molar refractivity (Wildman–Crippen MR) is 108 cm³/mol. The van der Waals surface area contributed by atoms with Crippen LogP contribution in [0.5, 0.6) is 0 Å². The Hall–Kier alpha value is -2.37. The number of hydrogen-bond donors (Lipinski definition) is 0. The first-order valence-corrected chi connectivity index (χ1v) is 10.00. The number of amides is 1. The van der Waals surface area contributed by atoms with Gasteiger partial charge in [0.1, 0.15) is 5.82 Å². The number of carbonyl (C=O) groups excluding carboxylic acids is 1. The highest BCUT2D eigenvalue weighted by Crippen LogP contribution is 2.23. The van der Waals surface area contributed by atoms with Gasteiger partial charge in [0, 0.05) is 51.3 Å². The fourth-order valence-electron chi connectivity index (χ4n) is 3.83. The number of carbonyl (C=O) groups is 1. The topological polar surface area (TPSA) is 54.3 Å². The van der Waals surface area contributed by atoms with Crippen LogP contribution in [-0.4, -0.2) is 51.8 Å². The first-order valence-electron chi connectivity index (χ1n) is 10.00. The highest BCUT2D eigenvalue weighted by molar-refractivity contribution is 5.94. The number of hydrogen-bond acceptors (Lipinski definition) is 4. The second kappa shape index (κ2) is 9.02. The van der Waals surface area contributed by atoms with Gasteiger partial charge < -0.3 is 9.80 Å². The van der Waals surface area contributed by atoms with E-state index >= 15 is 0 Å². The highest BCUT2D eigenvalue weighted by atomic mass is 16.2. The highest BCUT2D eigenvalue weighted by Gasteiger charge is 2.27. The van der Waals surface area contributed by atoms with Crippen molar-refractivity contribution in [2.75, 3.05) is 25.0 Å². The molecular weight excluding hydrogens is 338 g/mol. The molecule has 146 valence electrons. The van der Waals surface area contributed by atoms with Gasteiger partial charge in [-0.3, -0.25) is 9.48 Å². The number of aryl methyl sites for hydroxylation is 1. The minimum absolute atomic E-state index is 0.103. The van der Waals surface area contributed by atoms with Gasteiger partial charge >= 0.3 is 0 Å². The number of nitrogens with zero attached hydrogens (tertiary/aromatic N) is 5. The molecule has 3 heterocycles. The molecule has 1 unspecified atom stereocenters. The lowest BCUT2D eigenvalue weighted by Gasteiger charge is -2.36. The first-order chi connectivity index (χ1) is 13.0. The molecule has 3 rings (SSSR count). The molecule has 1 amide bonds. The predicted octanol–water partition coefficient (Wildman–Crippen LogP) is 3.46. The molecule has 1 atom stereocenters. The Morgan fingerprint density at radius 2 is 2.19 bits per heavy atom. The minimum atomic E-state index is 0.103. The Morgan fingerprint density at radius 1 is 1.33 bits per heavy atom. The molecule has 1 aliphatic heterocycles. The molecule has 0 saturated carbocycles. The maximum absolute atomic E-state index is 13.1. The fraction of sp³-hybridized carbons (Fsp3) is 0.571. The van der Waals surface area contributed by atoms with Crippen LogP contribution in [0.2, 0.25) is 0 Å². The summed E-state index contributed by atoms with van der Waals surface area (Å²) in [5.41, 5.74) is 0.683. The van der Waals surface area contributed by atoms with Crippen LogP contribution < -0.4 is 4.90 Å². The number of likely N-dealkylation sites (tertiary alicyclic amines) is 1. The lowest BCUT2D eigenvalue weighted by Crippen LogP contribution is -2.44. The third kappa shape index (κ3) is 5.08. The standard InChI is InChI=1S/C21H31N5O/c1-17(2)16-24(3)20-9-8-18(15-22-20)21(27)26-13-5-4-7-19(26)10-14-25-12-6-11-23-25/h6,8-9,11-12,15,17,19H,4-5,7,10,13-14,16H2,1-3H3. The maximum atomic E-state index is 13.1. The molecule has 2 aromatic heterocycles. The molecule has 0 aliphatic carbocycles. The van der Waals surface area contributed by atoms with E-state index in [0.29, 0.717) is 11.5 Å². The van der Waals surface area contributed by atoms with E-state index in [4.69, 9.17) is 0 Å². The second-order valence-corrected chi connectivity index (χ2v) is 7.89. The number of pyridine rings is 1. The SMILES string of the molecule is CC(C)CN(C)c1ccc(C(=O)N2CCCCC2CCn2cccn2)cn1. The Kier molecular flexibility index (Phi) is 6.48. The molecule has 2 aromatic rings. The third-order valence-electron chi connectivity index (χ3n) is 5.16. The normalized spacial score (nSPS) is 17.3. The van der Waals surface area contributed by atoms with Gasteiger partial charge in [-0.25, -0.2) is 4.98 Å². The zero-order chi connectivity index (χ0) is 19.2. The Balaban J connectivity index is 1.65. The average molecular weight is 370 g/mol. The molecule has 6 heteroatoms. The Bertz CT molecular complexity index is 711. The van der Waals surface area contributed by atoms with Gasteiger partial charge in [-0.2, -0.15) is 5.10 Å². The van der Waals surface area contributed by atoms with Crippen LogP contribution in [0, 0.1) is 5.92 Å². The zero-order valence-electron chi connectivity index (χ0n) is 16.7. The van der Waals surface area contributed by atoms with E-state index in [0.717, 1.165) is 44.7 Å².